The van der Waals surface area contributed by atoms with Gasteiger partial charge in [-0.05, 0) is 52.2 Å². The van der Waals surface area contributed by atoms with Gasteiger partial charge < -0.3 is 20.1 Å². The van der Waals surface area contributed by atoms with Crippen molar-refractivity contribution in [1.29, 1.82) is 0 Å². The molecule has 1 aromatic carbocycles. The van der Waals surface area contributed by atoms with Crippen LogP contribution >= 0.6 is 11.3 Å². The second kappa shape index (κ2) is 12.4. The molecule has 1 unspecified atom stereocenters. The lowest BCUT2D eigenvalue weighted by Crippen LogP contribution is -2.29. The Kier molecular flexibility index (Phi) is 9.17. The van der Waals surface area contributed by atoms with Gasteiger partial charge in [0.25, 0.3) is 12.3 Å². The summed E-state index contributed by atoms with van der Waals surface area (Å²) < 4.78 is 62.1. The van der Waals surface area contributed by atoms with Crippen LogP contribution in [0.1, 0.15) is 50.5 Å². The highest BCUT2D eigenvalue weighted by Crippen LogP contribution is 2.37. The number of aromatic nitrogens is 3. The van der Waals surface area contributed by atoms with Crippen LogP contribution in [0.4, 0.5) is 38.9 Å². The summed E-state index contributed by atoms with van der Waals surface area (Å²) in [6, 6.07) is 3.24. The molecule has 1 saturated heterocycles. The van der Waals surface area contributed by atoms with E-state index in [1.54, 1.807) is 25.7 Å². The maximum atomic E-state index is 14.6. The molecule has 222 valence electrons. The number of hydrogen-bond acceptors (Lipinski definition) is 8. The quantitative estimate of drug-likeness (QED) is 0.307. The number of nitrogens with zero attached hydrogens (tertiary/aromatic N) is 4. The fourth-order valence-corrected chi connectivity index (χ4v) is 5.30. The van der Waals surface area contributed by atoms with Gasteiger partial charge in [-0.3, -0.25) is 10.1 Å². The van der Waals surface area contributed by atoms with Crippen molar-refractivity contribution in [1.82, 2.24) is 14.8 Å². The largest absolute Gasteiger partial charge is 0.444 e. The normalized spacial score (nSPS) is 16.0. The predicted octanol–water partition coefficient (Wildman–Crippen LogP) is 5.50. The first-order valence-corrected chi connectivity index (χ1v) is 13.7. The molecule has 1 fully saturated rings. The second-order valence-electron chi connectivity index (χ2n) is 10.4. The molecule has 15 heteroatoms. The van der Waals surface area contributed by atoms with Crippen LogP contribution in [0.3, 0.4) is 0 Å². The first-order chi connectivity index (χ1) is 19.3. The molecule has 10 nitrogen and oxygen atoms in total. The van der Waals surface area contributed by atoms with E-state index in [2.05, 4.69) is 20.7 Å². The average molecular weight is 599 g/mol. The fourth-order valence-electron chi connectivity index (χ4n) is 4.30. The van der Waals surface area contributed by atoms with E-state index in [1.165, 1.54) is 12.3 Å². The highest BCUT2D eigenvalue weighted by molar-refractivity contribution is 7.19. The van der Waals surface area contributed by atoms with Gasteiger partial charge in [0.05, 0.1) is 17.9 Å². The van der Waals surface area contributed by atoms with Crippen LogP contribution in [0.5, 0.6) is 0 Å². The van der Waals surface area contributed by atoms with Crippen molar-refractivity contribution in [2.75, 3.05) is 28.6 Å². The van der Waals surface area contributed by atoms with Gasteiger partial charge in [0.15, 0.2) is 11.5 Å². The Morgan fingerprint density at radius 2 is 1.88 bits per heavy atom. The number of amides is 2. The highest BCUT2D eigenvalue weighted by Gasteiger charge is 2.29. The van der Waals surface area contributed by atoms with E-state index in [9.17, 15) is 32.3 Å². The molecular formula is C26H30F4N6O4S. The lowest BCUT2D eigenvalue weighted by molar-refractivity contribution is 0.0636. The Morgan fingerprint density at radius 1 is 1.17 bits per heavy atom. The molecule has 0 bridgehead atoms. The van der Waals surface area contributed by atoms with Gasteiger partial charge in [-0.25, -0.2) is 32.0 Å². The minimum absolute atomic E-state index is 0.0851. The van der Waals surface area contributed by atoms with Crippen molar-refractivity contribution in [3.63, 3.8) is 0 Å². The van der Waals surface area contributed by atoms with E-state index in [0.717, 1.165) is 16.8 Å². The maximum Gasteiger partial charge on any atom is 0.412 e. The van der Waals surface area contributed by atoms with Gasteiger partial charge in [-0.15, -0.1) is 0 Å². The summed E-state index contributed by atoms with van der Waals surface area (Å²) in [5, 5.41) is 18.7. The smallest absolute Gasteiger partial charge is 0.412 e. The topological polar surface area (TPSA) is 122 Å². The Hall–Kier alpha value is -3.72. The molecule has 3 aromatic rings. The number of carbonyl (C=O) groups is 2. The number of alkyl halides is 2. The molecule has 1 aliphatic heterocycles. The predicted molar refractivity (Wildman–Crippen MR) is 146 cm³/mol. The molecule has 0 saturated carbocycles. The number of rotatable bonds is 7. The van der Waals surface area contributed by atoms with E-state index in [1.807, 2.05) is 0 Å². The van der Waals surface area contributed by atoms with Crippen LogP contribution in [-0.2, 0) is 11.3 Å². The number of benzene rings is 1. The lowest BCUT2D eigenvalue weighted by Gasteiger charge is -2.25. The number of anilines is 3. The minimum atomic E-state index is -2.73. The van der Waals surface area contributed by atoms with Gasteiger partial charge in [0.2, 0.25) is 0 Å². The SMILES string of the molecule is CC(C)(C)OC(=O)Nc1sc(-c2c(F)cccc2F)nc1C(=O)Nc1cnn(CC(F)F)c1N1CCCC(O)CC1. The van der Waals surface area contributed by atoms with Gasteiger partial charge in [-0.2, -0.15) is 5.10 Å². The zero-order chi connectivity index (χ0) is 29.9. The van der Waals surface area contributed by atoms with Crippen LogP contribution in [0.2, 0.25) is 0 Å². The molecule has 1 atom stereocenters. The second-order valence-corrected chi connectivity index (χ2v) is 11.4. The van der Waals surface area contributed by atoms with E-state index < -0.39 is 53.9 Å². The van der Waals surface area contributed by atoms with Crippen LogP contribution < -0.4 is 15.5 Å². The summed E-state index contributed by atoms with van der Waals surface area (Å²) in [7, 11) is 0. The average Bonchev–Trinajstić information content (AvgIpc) is 3.36. The maximum absolute atomic E-state index is 14.6. The minimum Gasteiger partial charge on any atom is -0.444 e. The molecule has 0 radical (unpaired) electrons. The standard InChI is InChI=1S/C26H30F4N6O4S/c1-26(2,3)40-25(39)34-23-20(33-22(41-23)19-15(27)7-4-8-16(19)28)21(38)32-17-12-31-36(13-18(29)30)24(17)35-10-5-6-14(37)9-11-35/h4,7-8,12,14,18,37H,5-6,9-11,13H2,1-3H3,(H,32,38)(H,34,39). The van der Waals surface area contributed by atoms with Crippen molar-refractivity contribution < 1.29 is 37.0 Å². The van der Waals surface area contributed by atoms with Crippen LogP contribution in [-0.4, -0.2) is 63.1 Å². The summed E-state index contributed by atoms with van der Waals surface area (Å²) in [6.07, 6.45) is -1.47. The van der Waals surface area contributed by atoms with E-state index in [4.69, 9.17) is 4.74 Å². The van der Waals surface area contributed by atoms with Crippen LogP contribution in [0.15, 0.2) is 24.4 Å². The molecule has 41 heavy (non-hydrogen) atoms. The number of halogens is 4. The summed E-state index contributed by atoms with van der Waals surface area (Å²) in [6.45, 7) is 4.92. The Labute approximate surface area is 237 Å². The lowest BCUT2D eigenvalue weighted by atomic mass is 10.2. The summed E-state index contributed by atoms with van der Waals surface area (Å²) in [5.74, 6) is -2.52. The Morgan fingerprint density at radius 3 is 2.54 bits per heavy atom. The fraction of sp³-hybridized carbons (Fsp3) is 0.462. The monoisotopic (exact) mass is 598 g/mol. The van der Waals surface area contributed by atoms with E-state index in [-0.39, 0.29) is 27.2 Å². The number of aliphatic hydroxyl groups excluding tert-OH is 1. The summed E-state index contributed by atoms with van der Waals surface area (Å²) in [4.78, 5) is 31.9. The first kappa shape index (κ1) is 30.2. The molecule has 2 amide bonds. The summed E-state index contributed by atoms with van der Waals surface area (Å²) in [5.41, 5.74) is -1.66. The van der Waals surface area contributed by atoms with Crippen LogP contribution in [0.25, 0.3) is 10.6 Å². The van der Waals surface area contributed by atoms with Gasteiger partial charge >= 0.3 is 6.09 Å². The molecule has 0 aliphatic carbocycles. The van der Waals surface area contributed by atoms with Gasteiger partial charge in [-0.1, -0.05) is 17.4 Å². The van der Waals surface area contributed by atoms with E-state index >= 15 is 0 Å². The summed E-state index contributed by atoms with van der Waals surface area (Å²) >= 11 is 0.661. The van der Waals surface area contributed by atoms with Crippen molar-refractivity contribution in [3.05, 3.63) is 41.7 Å². The molecule has 2 aromatic heterocycles. The Balaban J connectivity index is 1.71. The van der Waals surface area contributed by atoms with Crippen molar-refractivity contribution in [2.24, 2.45) is 0 Å². The number of aliphatic hydroxyl groups is 1. The molecule has 3 N–H and O–H groups in total. The molecule has 3 heterocycles. The van der Waals surface area contributed by atoms with Gasteiger partial charge in [0, 0.05) is 13.1 Å². The number of thiazole rings is 1. The van der Waals surface area contributed by atoms with Crippen molar-refractivity contribution in [3.8, 4) is 10.6 Å². The van der Waals surface area contributed by atoms with Crippen molar-refractivity contribution in [2.45, 2.75) is 64.7 Å². The van der Waals surface area contributed by atoms with Crippen LogP contribution in [0, 0.1) is 11.6 Å². The third-order valence-corrected chi connectivity index (χ3v) is 6.99. The van der Waals surface area contributed by atoms with E-state index in [0.29, 0.717) is 43.7 Å². The molecule has 0 spiro atoms. The number of nitrogens with one attached hydrogen (secondary N) is 2. The third-order valence-electron chi connectivity index (χ3n) is 6.00. The number of hydrogen-bond donors (Lipinski definition) is 3. The molecule has 4 rings (SSSR count). The number of ether oxygens (including phenoxy) is 1. The third kappa shape index (κ3) is 7.52. The number of carbonyl (C=O) groups excluding carboxylic acids is 2. The van der Waals surface area contributed by atoms with Gasteiger partial charge in [0.1, 0.15) is 39.5 Å². The zero-order valence-electron chi connectivity index (χ0n) is 22.6. The van der Waals surface area contributed by atoms with Crippen molar-refractivity contribution >= 4 is 39.8 Å². The Bertz CT molecular complexity index is 1390. The first-order valence-electron chi connectivity index (χ1n) is 12.9. The molecular weight excluding hydrogens is 568 g/mol. The highest BCUT2D eigenvalue weighted by atomic mass is 32.1. The molecule has 1 aliphatic rings. The zero-order valence-corrected chi connectivity index (χ0v) is 23.4.